The number of hydrogen-bond acceptors (Lipinski definition) is 3. The molecule has 0 heterocycles. The van der Waals surface area contributed by atoms with E-state index >= 15 is 0 Å². The predicted molar refractivity (Wildman–Crippen MR) is 82.1 cm³/mol. The smallest absolute Gasteiger partial charge is 0.335 e. The number of rotatable bonds is 7. The van der Waals surface area contributed by atoms with Gasteiger partial charge in [0.05, 0.1) is 10.5 Å². The molecule has 0 aliphatic rings. The van der Waals surface area contributed by atoms with Gasteiger partial charge in [0.1, 0.15) is 0 Å². The van der Waals surface area contributed by atoms with Crippen LogP contribution in [0.15, 0.2) is 23.1 Å². The second kappa shape index (κ2) is 7.04. The molecule has 0 saturated carbocycles. The number of hydrogen-bond donors (Lipinski definition) is 1. The summed E-state index contributed by atoms with van der Waals surface area (Å²) in [5, 5.41) is 9.08. The average molecular weight is 313 g/mol. The van der Waals surface area contributed by atoms with Gasteiger partial charge in [-0.05, 0) is 37.5 Å². The van der Waals surface area contributed by atoms with E-state index < -0.39 is 16.0 Å². The third-order valence-electron chi connectivity index (χ3n) is 3.68. The van der Waals surface area contributed by atoms with Gasteiger partial charge >= 0.3 is 5.97 Å². The highest BCUT2D eigenvalue weighted by Gasteiger charge is 2.29. The van der Waals surface area contributed by atoms with E-state index in [1.54, 1.807) is 13.0 Å². The van der Waals surface area contributed by atoms with Crippen molar-refractivity contribution in [3.8, 4) is 0 Å². The zero-order valence-corrected chi connectivity index (χ0v) is 13.8. The van der Waals surface area contributed by atoms with Crippen molar-refractivity contribution >= 4 is 16.0 Å². The molecule has 6 heteroatoms. The summed E-state index contributed by atoms with van der Waals surface area (Å²) in [6.07, 6.45) is 1.24. The fourth-order valence-electron chi connectivity index (χ4n) is 2.27. The predicted octanol–water partition coefficient (Wildman–Crippen LogP) is 2.76. The minimum Gasteiger partial charge on any atom is -0.478 e. The van der Waals surface area contributed by atoms with Crippen molar-refractivity contribution in [1.29, 1.82) is 0 Å². The van der Waals surface area contributed by atoms with E-state index in [-0.39, 0.29) is 16.5 Å². The van der Waals surface area contributed by atoms with Crippen LogP contribution in [0, 0.1) is 0 Å². The first-order valence-electron chi connectivity index (χ1n) is 7.17. The zero-order chi connectivity index (χ0) is 16.2. The van der Waals surface area contributed by atoms with Crippen LogP contribution in [-0.4, -0.2) is 36.4 Å². The average Bonchev–Trinajstić information content (AvgIpc) is 2.46. The molecule has 21 heavy (non-hydrogen) atoms. The zero-order valence-electron chi connectivity index (χ0n) is 13.0. The molecule has 0 aromatic heterocycles. The van der Waals surface area contributed by atoms with Crippen LogP contribution in [0.4, 0.5) is 0 Å². The summed E-state index contributed by atoms with van der Waals surface area (Å²) in [6, 6.07) is 4.17. The first-order chi connectivity index (χ1) is 9.79. The Hall–Kier alpha value is -1.40. The van der Waals surface area contributed by atoms with Gasteiger partial charge in [-0.3, -0.25) is 0 Å². The number of aromatic carboxylic acids is 1. The van der Waals surface area contributed by atoms with Crippen molar-refractivity contribution < 1.29 is 18.3 Å². The van der Waals surface area contributed by atoms with E-state index in [9.17, 15) is 13.2 Å². The van der Waals surface area contributed by atoms with Crippen LogP contribution in [0.2, 0.25) is 0 Å². The Morgan fingerprint density at radius 1 is 1.29 bits per heavy atom. The fraction of sp³-hybridized carbons (Fsp3) is 0.533. The van der Waals surface area contributed by atoms with Crippen molar-refractivity contribution in [2.24, 2.45) is 0 Å². The van der Waals surface area contributed by atoms with Gasteiger partial charge in [-0.2, -0.15) is 4.31 Å². The SMILES string of the molecule is CCc1ccc(C(=O)O)cc1S(=O)(=O)N(CC)C(C)CC. The standard InChI is InChI=1S/C15H23NO4S/c1-5-11(4)16(7-3)21(19,20)14-10-13(15(17)18)9-8-12(14)6-2/h8-11H,5-7H2,1-4H3,(H,17,18). The third kappa shape index (κ3) is 3.63. The third-order valence-corrected chi connectivity index (χ3v) is 5.85. The maximum Gasteiger partial charge on any atom is 0.335 e. The van der Waals surface area contributed by atoms with Gasteiger partial charge in [0, 0.05) is 12.6 Å². The van der Waals surface area contributed by atoms with Crippen molar-refractivity contribution in [3.05, 3.63) is 29.3 Å². The largest absolute Gasteiger partial charge is 0.478 e. The quantitative estimate of drug-likeness (QED) is 0.840. The lowest BCUT2D eigenvalue weighted by Gasteiger charge is -2.27. The molecule has 1 aromatic carbocycles. The Bertz CT molecular complexity index is 610. The number of sulfonamides is 1. The van der Waals surface area contributed by atoms with Crippen LogP contribution in [0.25, 0.3) is 0 Å². The minimum atomic E-state index is -3.69. The molecule has 0 amide bonds. The summed E-state index contributed by atoms with van der Waals surface area (Å²) in [5.41, 5.74) is 0.632. The van der Waals surface area contributed by atoms with Crippen molar-refractivity contribution in [3.63, 3.8) is 0 Å². The number of carboxylic acids is 1. The Morgan fingerprint density at radius 2 is 1.90 bits per heavy atom. The number of carboxylic acid groups (broad SMARTS) is 1. The second-order valence-corrected chi connectivity index (χ2v) is 6.81. The molecule has 118 valence electrons. The number of benzene rings is 1. The molecule has 0 radical (unpaired) electrons. The minimum absolute atomic E-state index is 0.00835. The van der Waals surface area contributed by atoms with Gasteiger partial charge in [-0.1, -0.05) is 26.8 Å². The maximum atomic E-state index is 12.9. The molecule has 0 saturated heterocycles. The topological polar surface area (TPSA) is 74.7 Å². The Kier molecular flexibility index (Phi) is 5.92. The molecular weight excluding hydrogens is 290 g/mol. The molecule has 1 N–H and O–H groups in total. The number of nitrogens with zero attached hydrogens (tertiary/aromatic N) is 1. The van der Waals surface area contributed by atoms with Crippen LogP contribution in [0.5, 0.6) is 0 Å². The van der Waals surface area contributed by atoms with Crippen LogP contribution in [-0.2, 0) is 16.4 Å². The molecule has 5 nitrogen and oxygen atoms in total. The van der Waals surface area contributed by atoms with Gasteiger partial charge in [0.2, 0.25) is 10.0 Å². The van der Waals surface area contributed by atoms with Crippen molar-refractivity contribution in [1.82, 2.24) is 4.31 Å². The Balaban J connectivity index is 3.47. The van der Waals surface area contributed by atoms with Crippen LogP contribution < -0.4 is 0 Å². The molecule has 1 atom stereocenters. The first-order valence-corrected chi connectivity index (χ1v) is 8.61. The van der Waals surface area contributed by atoms with E-state index in [4.69, 9.17) is 5.11 Å². The highest BCUT2D eigenvalue weighted by Crippen LogP contribution is 2.24. The van der Waals surface area contributed by atoms with Gasteiger partial charge in [0.15, 0.2) is 0 Å². The lowest BCUT2D eigenvalue weighted by molar-refractivity contribution is 0.0696. The molecule has 1 rings (SSSR count). The summed E-state index contributed by atoms with van der Waals surface area (Å²) in [5.74, 6) is -1.12. The molecule has 0 spiro atoms. The number of carbonyl (C=O) groups is 1. The van der Waals surface area contributed by atoms with Crippen LogP contribution in [0.1, 0.15) is 50.0 Å². The molecule has 0 aliphatic carbocycles. The van der Waals surface area contributed by atoms with Gasteiger partial charge in [-0.25, -0.2) is 13.2 Å². The number of aryl methyl sites for hydroxylation is 1. The Labute approximate surface area is 126 Å². The van der Waals surface area contributed by atoms with Gasteiger partial charge in [-0.15, -0.1) is 0 Å². The van der Waals surface area contributed by atoms with Gasteiger partial charge < -0.3 is 5.11 Å². The maximum absolute atomic E-state index is 12.9. The van der Waals surface area contributed by atoms with Crippen molar-refractivity contribution in [2.45, 2.75) is 51.5 Å². The van der Waals surface area contributed by atoms with Crippen LogP contribution in [0.3, 0.4) is 0 Å². The summed E-state index contributed by atoms with van der Waals surface area (Å²) < 4.78 is 27.1. The lowest BCUT2D eigenvalue weighted by atomic mass is 10.1. The molecule has 1 unspecified atom stereocenters. The summed E-state index contributed by atoms with van der Waals surface area (Å²) in [4.78, 5) is 11.2. The van der Waals surface area contributed by atoms with Gasteiger partial charge in [0.25, 0.3) is 0 Å². The molecule has 0 bridgehead atoms. The Morgan fingerprint density at radius 3 is 2.33 bits per heavy atom. The first kappa shape index (κ1) is 17.7. The van der Waals surface area contributed by atoms with E-state index in [0.29, 0.717) is 24.9 Å². The van der Waals surface area contributed by atoms with E-state index in [1.165, 1.54) is 16.4 Å². The van der Waals surface area contributed by atoms with E-state index in [2.05, 4.69) is 0 Å². The van der Waals surface area contributed by atoms with Crippen LogP contribution >= 0.6 is 0 Å². The molecule has 0 aliphatic heterocycles. The highest BCUT2D eigenvalue weighted by atomic mass is 32.2. The van der Waals surface area contributed by atoms with E-state index in [1.807, 2.05) is 20.8 Å². The molecule has 0 fully saturated rings. The monoisotopic (exact) mass is 313 g/mol. The second-order valence-electron chi connectivity index (χ2n) is 4.95. The summed E-state index contributed by atoms with van der Waals surface area (Å²) in [6.45, 7) is 7.79. The molecule has 1 aromatic rings. The highest BCUT2D eigenvalue weighted by molar-refractivity contribution is 7.89. The molecular formula is C15H23NO4S. The fourth-order valence-corrected chi connectivity index (χ4v) is 4.30. The summed E-state index contributed by atoms with van der Waals surface area (Å²) >= 11 is 0. The van der Waals surface area contributed by atoms with Crippen molar-refractivity contribution in [2.75, 3.05) is 6.54 Å². The van der Waals surface area contributed by atoms with E-state index in [0.717, 1.165) is 0 Å². The normalized spacial score (nSPS) is 13.4. The summed E-state index contributed by atoms with van der Waals surface area (Å²) in [7, 11) is -3.69. The lowest BCUT2D eigenvalue weighted by Crippen LogP contribution is -2.38.